The first-order valence-electron chi connectivity index (χ1n) is 14.5. The van der Waals surface area contributed by atoms with Gasteiger partial charge >= 0.3 is 5.97 Å². The SMILES string of the molecule is CC(C)=CCCCC1CCC2C3=C(CCC12C)C1(C)CCC(OC(=O)c2ccno2)C(C)(C)C1CC3. The third-order valence-electron chi connectivity index (χ3n) is 11.3. The van der Waals surface area contributed by atoms with Crippen molar-refractivity contribution < 1.29 is 14.1 Å². The van der Waals surface area contributed by atoms with Crippen LogP contribution in [0.15, 0.2) is 39.6 Å². The molecule has 4 heteroatoms. The fraction of sp³-hybridized carbons (Fsp3) is 0.750. The van der Waals surface area contributed by atoms with Gasteiger partial charge in [0.15, 0.2) is 0 Å². The zero-order valence-corrected chi connectivity index (χ0v) is 23.5. The molecule has 0 aliphatic heterocycles. The molecule has 4 aliphatic rings. The van der Waals surface area contributed by atoms with Crippen LogP contribution < -0.4 is 0 Å². The number of carbonyl (C=O) groups is 1. The first-order chi connectivity index (χ1) is 17.1. The smallest absolute Gasteiger partial charge is 0.377 e. The lowest BCUT2D eigenvalue weighted by atomic mass is 9.46. The number of hydrogen-bond donors (Lipinski definition) is 0. The summed E-state index contributed by atoms with van der Waals surface area (Å²) < 4.78 is 11.1. The average Bonchev–Trinajstić information content (AvgIpc) is 3.47. The molecule has 2 fully saturated rings. The Morgan fingerprint density at radius 3 is 2.64 bits per heavy atom. The van der Waals surface area contributed by atoms with E-state index in [-0.39, 0.29) is 28.7 Å². The number of ether oxygens (including phenoxy) is 1. The van der Waals surface area contributed by atoms with E-state index in [1.807, 2.05) is 5.57 Å². The Morgan fingerprint density at radius 2 is 1.92 bits per heavy atom. The van der Waals surface area contributed by atoms with E-state index >= 15 is 0 Å². The number of rotatable bonds is 6. The van der Waals surface area contributed by atoms with Crippen LogP contribution in [0.25, 0.3) is 0 Å². The van der Waals surface area contributed by atoms with E-state index < -0.39 is 0 Å². The Kier molecular flexibility index (Phi) is 6.79. The highest BCUT2D eigenvalue weighted by molar-refractivity contribution is 5.86. The lowest BCUT2D eigenvalue weighted by Crippen LogP contribution is -2.54. The molecule has 0 aromatic carbocycles. The number of hydrogen-bond acceptors (Lipinski definition) is 4. The molecule has 198 valence electrons. The normalized spacial score (nSPS) is 37.1. The van der Waals surface area contributed by atoms with Gasteiger partial charge in [-0.2, -0.15) is 0 Å². The molecule has 0 bridgehead atoms. The average molecular weight is 494 g/mol. The number of allylic oxidation sites excluding steroid dienone is 4. The summed E-state index contributed by atoms with van der Waals surface area (Å²) >= 11 is 0. The third kappa shape index (κ3) is 4.21. The van der Waals surface area contributed by atoms with Crippen molar-refractivity contribution in [1.29, 1.82) is 0 Å². The standard InChI is InChI=1S/C32H47NO3/c1-21(2)9-7-8-10-22-11-13-24-23-12-14-27-30(3,4)28(35-29(34)26-17-20-33-36-26)16-19-32(27,6)25(23)15-18-31(22,24)5/h9,17,20,22,24,27-28H,7-8,10-16,18-19H2,1-6H3. The number of aromatic nitrogens is 1. The minimum atomic E-state index is -0.375. The molecule has 4 aliphatic carbocycles. The quantitative estimate of drug-likeness (QED) is 0.226. The zero-order valence-electron chi connectivity index (χ0n) is 23.5. The molecule has 0 spiro atoms. The first kappa shape index (κ1) is 25.8. The summed E-state index contributed by atoms with van der Waals surface area (Å²) in [6, 6.07) is 1.59. The van der Waals surface area contributed by atoms with Gasteiger partial charge in [-0.3, -0.25) is 0 Å². The molecule has 0 radical (unpaired) electrons. The molecule has 0 N–H and O–H groups in total. The van der Waals surface area contributed by atoms with Gasteiger partial charge in [-0.25, -0.2) is 4.79 Å². The van der Waals surface area contributed by atoms with Gasteiger partial charge in [0, 0.05) is 11.5 Å². The van der Waals surface area contributed by atoms with E-state index in [0.717, 1.165) is 24.7 Å². The molecular weight excluding hydrogens is 446 g/mol. The maximum atomic E-state index is 12.7. The number of fused-ring (bicyclic) bond motifs is 4. The van der Waals surface area contributed by atoms with E-state index in [0.29, 0.717) is 11.3 Å². The summed E-state index contributed by atoms with van der Waals surface area (Å²) in [5.41, 5.74) is 5.77. The van der Waals surface area contributed by atoms with Gasteiger partial charge < -0.3 is 9.26 Å². The number of carbonyl (C=O) groups excluding carboxylic acids is 1. The van der Waals surface area contributed by atoms with Crippen LogP contribution in [0.3, 0.4) is 0 Å². The van der Waals surface area contributed by atoms with Gasteiger partial charge in [-0.05, 0) is 113 Å². The molecule has 6 atom stereocenters. The minimum Gasteiger partial charge on any atom is -0.456 e. The first-order valence-corrected chi connectivity index (χ1v) is 14.5. The summed E-state index contributed by atoms with van der Waals surface area (Å²) in [4.78, 5) is 12.7. The topological polar surface area (TPSA) is 52.3 Å². The van der Waals surface area contributed by atoms with Crippen LogP contribution in [0.5, 0.6) is 0 Å². The van der Waals surface area contributed by atoms with Crippen molar-refractivity contribution >= 4 is 5.97 Å². The molecule has 1 aromatic rings. The summed E-state index contributed by atoms with van der Waals surface area (Å²) in [6.07, 6.45) is 17.7. The third-order valence-corrected chi connectivity index (χ3v) is 11.3. The lowest BCUT2D eigenvalue weighted by molar-refractivity contribution is -0.102. The maximum absolute atomic E-state index is 12.7. The lowest BCUT2D eigenvalue weighted by Gasteiger charge is -2.60. The summed E-state index contributed by atoms with van der Waals surface area (Å²) in [5, 5.41) is 3.67. The fourth-order valence-corrected chi connectivity index (χ4v) is 9.33. The predicted molar refractivity (Wildman–Crippen MR) is 143 cm³/mol. The van der Waals surface area contributed by atoms with Gasteiger partial charge in [0.25, 0.3) is 0 Å². The molecule has 1 aromatic heterocycles. The highest BCUT2D eigenvalue weighted by Gasteiger charge is 2.59. The summed E-state index contributed by atoms with van der Waals surface area (Å²) in [7, 11) is 0. The van der Waals surface area contributed by atoms with Crippen molar-refractivity contribution in [2.24, 2.45) is 34.0 Å². The maximum Gasteiger partial charge on any atom is 0.377 e. The molecule has 0 amide bonds. The van der Waals surface area contributed by atoms with Crippen LogP contribution in [0.1, 0.15) is 123 Å². The fourth-order valence-electron chi connectivity index (χ4n) is 9.33. The van der Waals surface area contributed by atoms with Crippen LogP contribution in [0, 0.1) is 34.0 Å². The van der Waals surface area contributed by atoms with Gasteiger partial charge in [0.05, 0.1) is 6.20 Å². The van der Waals surface area contributed by atoms with E-state index in [1.165, 1.54) is 69.6 Å². The van der Waals surface area contributed by atoms with E-state index in [2.05, 4.69) is 52.8 Å². The molecule has 4 nitrogen and oxygen atoms in total. The second kappa shape index (κ2) is 9.48. The van der Waals surface area contributed by atoms with Crippen molar-refractivity contribution in [2.75, 3.05) is 0 Å². The molecule has 5 rings (SSSR count). The molecular formula is C32H47NO3. The van der Waals surface area contributed by atoms with Gasteiger partial charge in [-0.15, -0.1) is 0 Å². The van der Waals surface area contributed by atoms with E-state index in [4.69, 9.17) is 9.26 Å². The molecule has 36 heavy (non-hydrogen) atoms. The van der Waals surface area contributed by atoms with Gasteiger partial charge in [0.2, 0.25) is 5.76 Å². The minimum absolute atomic E-state index is 0.0644. The largest absolute Gasteiger partial charge is 0.456 e. The highest BCUT2D eigenvalue weighted by atomic mass is 16.6. The number of unbranched alkanes of at least 4 members (excludes halogenated alkanes) is 1. The Bertz CT molecular complexity index is 1030. The Labute approximate surface area is 218 Å². The Balaban J connectivity index is 1.33. The van der Waals surface area contributed by atoms with Crippen molar-refractivity contribution in [3.05, 3.63) is 40.8 Å². The van der Waals surface area contributed by atoms with Crippen LogP contribution >= 0.6 is 0 Å². The number of esters is 1. The van der Waals surface area contributed by atoms with Crippen LogP contribution in [-0.4, -0.2) is 17.2 Å². The predicted octanol–water partition coefficient (Wildman–Crippen LogP) is 8.70. The van der Waals surface area contributed by atoms with Crippen LogP contribution in [-0.2, 0) is 4.74 Å². The van der Waals surface area contributed by atoms with Gasteiger partial charge in [0.1, 0.15) is 6.10 Å². The molecule has 2 saturated carbocycles. The highest BCUT2D eigenvalue weighted by Crippen LogP contribution is 2.67. The summed E-state index contributed by atoms with van der Waals surface area (Å²) in [5.74, 6) is 2.04. The monoisotopic (exact) mass is 493 g/mol. The molecule has 0 saturated heterocycles. The van der Waals surface area contributed by atoms with Gasteiger partial charge in [-0.1, -0.05) is 55.6 Å². The van der Waals surface area contributed by atoms with Crippen molar-refractivity contribution in [1.82, 2.24) is 5.16 Å². The second-order valence-electron chi connectivity index (χ2n) is 13.7. The van der Waals surface area contributed by atoms with Crippen LogP contribution in [0.4, 0.5) is 0 Å². The summed E-state index contributed by atoms with van der Waals surface area (Å²) in [6.45, 7) is 14.3. The van der Waals surface area contributed by atoms with E-state index in [9.17, 15) is 4.79 Å². The molecule has 1 heterocycles. The van der Waals surface area contributed by atoms with Crippen molar-refractivity contribution in [3.8, 4) is 0 Å². The Hall–Kier alpha value is -1.84. The Morgan fingerprint density at radius 1 is 1.11 bits per heavy atom. The van der Waals surface area contributed by atoms with Crippen molar-refractivity contribution in [3.63, 3.8) is 0 Å². The van der Waals surface area contributed by atoms with Crippen LogP contribution in [0.2, 0.25) is 0 Å². The molecule has 6 unspecified atom stereocenters. The van der Waals surface area contributed by atoms with E-state index in [1.54, 1.807) is 11.6 Å². The number of nitrogens with zero attached hydrogens (tertiary/aromatic N) is 1. The van der Waals surface area contributed by atoms with Crippen molar-refractivity contribution in [2.45, 2.75) is 118 Å². The zero-order chi connectivity index (χ0) is 25.7. The second-order valence-corrected chi connectivity index (χ2v) is 13.7.